The van der Waals surface area contributed by atoms with Crippen LogP contribution in [0.15, 0.2) is 21.7 Å². The molecule has 1 aliphatic carbocycles. The third-order valence-electron chi connectivity index (χ3n) is 4.69. The molecule has 3 atom stereocenters. The maximum Gasteiger partial charge on any atom is 0.230 e. The van der Waals surface area contributed by atoms with Crippen molar-refractivity contribution >= 4 is 40.5 Å². The van der Waals surface area contributed by atoms with Crippen molar-refractivity contribution in [3.8, 4) is 0 Å². The number of hydrogen-bond acceptors (Lipinski definition) is 9. The molecule has 1 unspecified atom stereocenters. The second-order valence-corrected chi connectivity index (χ2v) is 8.88. The summed E-state index contributed by atoms with van der Waals surface area (Å²) in [4.78, 5) is 15.9. The lowest BCUT2D eigenvalue weighted by molar-refractivity contribution is 0.153. The van der Waals surface area contributed by atoms with Gasteiger partial charge in [0.1, 0.15) is 0 Å². The highest BCUT2D eigenvalue weighted by Crippen LogP contribution is 2.36. The molecule has 2 N–H and O–H groups in total. The molecule has 0 bridgehead atoms. The molecule has 0 radical (unpaired) electrons. The second-order valence-electron chi connectivity index (χ2n) is 6.68. The van der Waals surface area contributed by atoms with Crippen molar-refractivity contribution in [1.29, 1.82) is 0 Å². The van der Waals surface area contributed by atoms with Gasteiger partial charge in [0.15, 0.2) is 17.0 Å². The second kappa shape index (κ2) is 9.45. The summed E-state index contributed by atoms with van der Waals surface area (Å²) in [5.41, 5.74) is 7.34. The zero-order valence-corrected chi connectivity index (χ0v) is 18.3. The largest absolute Gasteiger partial charge is 0.477 e. The van der Waals surface area contributed by atoms with E-state index >= 15 is 0 Å². The summed E-state index contributed by atoms with van der Waals surface area (Å²) in [6.07, 6.45) is 5.76. The Labute approximate surface area is 173 Å². The molecule has 3 rings (SSSR count). The number of hydrogen-bond donors (Lipinski definition) is 2. The van der Waals surface area contributed by atoms with E-state index in [1.54, 1.807) is 0 Å². The molecule has 0 aromatic rings. The van der Waals surface area contributed by atoms with Gasteiger partial charge in [0.25, 0.3) is 0 Å². The molecule has 2 aliphatic heterocycles. The van der Waals surface area contributed by atoms with Gasteiger partial charge in [-0.25, -0.2) is 8.11 Å². The fourth-order valence-corrected chi connectivity index (χ4v) is 5.12. The quantitative estimate of drug-likeness (QED) is 0.220. The predicted octanol–water partition coefficient (Wildman–Crippen LogP) is 3.48. The molecule has 1 saturated carbocycles. The van der Waals surface area contributed by atoms with Crippen LogP contribution in [0.3, 0.4) is 0 Å². The summed E-state index contributed by atoms with van der Waals surface area (Å²) in [5.74, 6) is 2.75. The van der Waals surface area contributed by atoms with Crippen LogP contribution in [-0.2, 0) is 4.74 Å². The number of fused-ring (bicyclic) bond motifs is 1. The van der Waals surface area contributed by atoms with Crippen molar-refractivity contribution in [3.63, 3.8) is 0 Å². The third kappa shape index (κ3) is 4.22. The minimum Gasteiger partial charge on any atom is -0.477 e. The van der Waals surface area contributed by atoms with Crippen LogP contribution in [0.2, 0.25) is 0 Å². The van der Waals surface area contributed by atoms with Crippen LogP contribution in [-0.4, -0.2) is 43.9 Å². The van der Waals surface area contributed by atoms with Crippen molar-refractivity contribution in [2.45, 2.75) is 70.0 Å². The van der Waals surface area contributed by atoms with Crippen LogP contribution >= 0.6 is 34.6 Å². The van der Waals surface area contributed by atoms with Crippen molar-refractivity contribution in [2.24, 2.45) is 10.2 Å². The molecule has 8 nitrogen and oxygen atoms in total. The maximum absolute atomic E-state index is 10.9. The van der Waals surface area contributed by atoms with Crippen LogP contribution in [0.4, 0.5) is 0 Å². The molecule has 2 fully saturated rings. The summed E-state index contributed by atoms with van der Waals surface area (Å²) in [6.45, 7) is 5.03. The Balaban J connectivity index is 1.81. The first-order chi connectivity index (χ1) is 12.7. The monoisotopic (exact) mass is 494 g/mol. The topological polar surface area (TPSA) is 81.6 Å². The zero-order valence-electron chi connectivity index (χ0n) is 15.3. The molecule has 1 saturated heterocycles. The van der Waals surface area contributed by atoms with E-state index in [-0.39, 0.29) is 17.6 Å². The number of unbranched alkanes of at least 4 members (excludes halogenated alkanes) is 1. The van der Waals surface area contributed by atoms with Crippen LogP contribution in [0.1, 0.15) is 52.4 Å². The highest BCUT2D eigenvalue weighted by atomic mass is 127. The Kier molecular flexibility index (Phi) is 7.27. The van der Waals surface area contributed by atoms with E-state index in [9.17, 15) is 4.91 Å². The van der Waals surface area contributed by atoms with E-state index in [0.29, 0.717) is 6.61 Å². The number of nitrogens with zero attached hydrogens (tertiary/aromatic N) is 4. The summed E-state index contributed by atoms with van der Waals surface area (Å²) in [7, 11) is 0. The highest BCUT2D eigenvalue weighted by molar-refractivity contribution is 14.1. The Bertz CT molecular complexity index is 575. The minimum absolute atomic E-state index is 0.0171. The molecule has 0 aromatic heterocycles. The van der Waals surface area contributed by atoms with Crippen LogP contribution < -0.4 is 11.0 Å². The number of amidine groups is 1. The average molecular weight is 494 g/mol. The van der Waals surface area contributed by atoms with Gasteiger partial charge in [-0.05, 0) is 37.9 Å². The van der Waals surface area contributed by atoms with Gasteiger partial charge in [0, 0.05) is 0 Å². The standard InChI is InChI=1S/C16H27IN6O2S/c1-3-5-8-25-15-13-14(18-16(22(15)17)26-9-4-2)23(21-19-13)12-7-6-11(10-12)20-24/h11-12,16,19,21H,3-10H2,1-2H3/t11-,12+,16?/m1/s1. The van der Waals surface area contributed by atoms with Gasteiger partial charge in [0.2, 0.25) is 5.88 Å². The van der Waals surface area contributed by atoms with Crippen LogP contribution in [0.5, 0.6) is 0 Å². The number of nitrogens with one attached hydrogen (secondary N) is 2. The molecule has 146 valence electrons. The number of nitroso groups, excluding NO2 is 1. The van der Waals surface area contributed by atoms with Gasteiger partial charge in [-0.1, -0.05) is 25.4 Å². The van der Waals surface area contributed by atoms with E-state index in [1.807, 2.05) is 11.8 Å². The smallest absolute Gasteiger partial charge is 0.230 e. The number of ether oxygens (including phenoxy) is 1. The third-order valence-corrected chi connectivity index (χ3v) is 7.29. The molecular weight excluding hydrogens is 467 g/mol. The van der Waals surface area contributed by atoms with E-state index in [0.717, 1.165) is 61.7 Å². The van der Waals surface area contributed by atoms with Gasteiger partial charge < -0.3 is 4.74 Å². The molecule has 3 aliphatic rings. The average Bonchev–Trinajstić information content (AvgIpc) is 3.28. The molecule has 0 aromatic carbocycles. The first-order valence-electron chi connectivity index (χ1n) is 9.34. The van der Waals surface area contributed by atoms with Gasteiger partial charge in [-0.15, -0.1) is 17.3 Å². The normalized spacial score (nSPS) is 28.1. The number of rotatable bonds is 9. The van der Waals surface area contributed by atoms with Gasteiger partial charge in [-0.3, -0.25) is 10.4 Å². The van der Waals surface area contributed by atoms with Gasteiger partial charge >= 0.3 is 0 Å². The summed E-state index contributed by atoms with van der Waals surface area (Å²) < 4.78 is 8.20. The number of halogens is 1. The van der Waals surface area contributed by atoms with Gasteiger partial charge in [-0.2, -0.15) is 4.91 Å². The summed E-state index contributed by atoms with van der Waals surface area (Å²) in [6, 6.07) is 0.126. The van der Waals surface area contributed by atoms with Crippen molar-refractivity contribution < 1.29 is 4.74 Å². The fraction of sp³-hybridized carbons (Fsp3) is 0.812. The number of thioether (sulfide) groups is 1. The molecular formula is C16H27IN6O2S. The summed E-state index contributed by atoms with van der Waals surface area (Å²) in [5, 5.41) is 5.29. The summed E-state index contributed by atoms with van der Waals surface area (Å²) >= 11 is 4.11. The molecule has 10 heteroatoms. The first-order valence-corrected chi connectivity index (χ1v) is 11.4. The SMILES string of the molecule is CCCCOC1=C2NNN([C@H]3CC[C@@H](N=O)C3)C2=NC(SCCC)N1I. The number of hydrazine groups is 2. The highest BCUT2D eigenvalue weighted by Gasteiger charge is 2.42. The van der Waals surface area contributed by atoms with E-state index in [4.69, 9.17) is 9.73 Å². The molecule has 0 amide bonds. The van der Waals surface area contributed by atoms with Crippen LogP contribution in [0, 0.1) is 4.91 Å². The van der Waals surface area contributed by atoms with Gasteiger partial charge in [0.05, 0.1) is 41.6 Å². The lowest BCUT2D eigenvalue weighted by Crippen LogP contribution is -2.45. The Morgan fingerprint density at radius 2 is 2.23 bits per heavy atom. The van der Waals surface area contributed by atoms with Crippen molar-refractivity contribution in [3.05, 3.63) is 16.5 Å². The fourth-order valence-electron chi connectivity index (χ4n) is 3.29. The maximum atomic E-state index is 10.9. The molecule has 0 spiro atoms. The first kappa shape index (κ1) is 20.0. The lowest BCUT2D eigenvalue weighted by atomic mass is 10.2. The lowest BCUT2D eigenvalue weighted by Gasteiger charge is -2.32. The van der Waals surface area contributed by atoms with E-state index in [1.165, 1.54) is 0 Å². The minimum atomic E-state index is -0.0920. The Hall–Kier alpha value is -0.750. The van der Waals surface area contributed by atoms with E-state index in [2.05, 4.69) is 61.0 Å². The Morgan fingerprint density at radius 3 is 2.92 bits per heavy atom. The predicted molar refractivity (Wildman–Crippen MR) is 113 cm³/mol. The Morgan fingerprint density at radius 1 is 1.38 bits per heavy atom. The van der Waals surface area contributed by atoms with Crippen molar-refractivity contribution in [1.82, 2.24) is 19.1 Å². The van der Waals surface area contributed by atoms with Crippen molar-refractivity contribution in [2.75, 3.05) is 12.4 Å². The molecule has 26 heavy (non-hydrogen) atoms. The van der Waals surface area contributed by atoms with Crippen LogP contribution in [0.25, 0.3) is 0 Å². The zero-order chi connectivity index (χ0) is 18.5. The number of aliphatic imine (C=N–C) groups is 1. The molecule has 2 heterocycles. The van der Waals surface area contributed by atoms with E-state index < -0.39 is 0 Å².